The van der Waals surface area contributed by atoms with Gasteiger partial charge in [0.15, 0.2) is 17.4 Å². The molecule has 0 aromatic carbocycles. The molecule has 0 bridgehead atoms. The number of ketones is 2. The number of carbonyl (C=O) groups is 2. The molecule has 4 nitrogen and oxygen atoms in total. The molecule has 0 saturated carbocycles. The molecule has 0 aliphatic carbocycles. The SMILES string of the molecule is CCCCCC[C@H]1O[C@](C)(O)C(C(C)=O)=CC1=O. The molecule has 0 spiro atoms. The first-order chi connectivity index (χ1) is 8.38. The molecule has 4 heteroatoms. The van der Waals surface area contributed by atoms with Crippen LogP contribution in [0.15, 0.2) is 11.6 Å². The predicted molar refractivity (Wildman–Crippen MR) is 68.0 cm³/mol. The van der Waals surface area contributed by atoms with Gasteiger partial charge in [-0.3, -0.25) is 9.59 Å². The summed E-state index contributed by atoms with van der Waals surface area (Å²) in [6.45, 7) is 4.85. The summed E-state index contributed by atoms with van der Waals surface area (Å²) in [5.41, 5.74) is 0.0392. The maximum atomic E-state index is 11.8. The van der Waals surface area contributed by atoms with Crippen LogP contribution in [-0.2, 0) is 14.3 Å². The number of hydrogen-bond donors (Lipinski definition) is 1. The molecule has 0 aromatic rings. The van der Waals surface area contributed by atoms with Gasteiger partial charge in [-0.1, -0.05) is 32.6 Å². The predicted octanol–water partition coefficient (Wildman–Crippen LogP) is 2.15. The van der Waals surface area contributed by atoms with Crippen molar-refractivity contribution in [2.24, 2.45) is 0 Å². The van der Waals surface area contributed by atoms with Crippen LogP contribution in [0, 0.1) is 0 Å². The first-order valence-electron chi connectivity index (χ1n) is 6.55. The maximum absolute atomic E-state index is 11.8. The largest absolute Gasteiger partial charge is 0.362 e. The van der Waals surface area contributed by atoms with E-state index in [1.165, 1.54) is 19.9 Å². The van der Waals surface area contributed by atoms with Crippen molar-refractivity contribution in [3.8, 4) is 0 Å². The molecule has 102 valence electrons. The Bertz CT molecular complexity index is 355. The van der Waals surface area contributed by atoms with E-state index in [1.54, 1.807) is 0 Å². The van der Waals surface area contributed by atoms with E-state index < -0.39 is 11.9 Å². The highest BCUT2D eigenvalue weighted by molar-refractivity contribution is 6.05. The van der Waals surface area contributed by atoms with E-state index in [0.717, 1.165) is 25.7 Å². The van der Waals surface area contributed by atoms with Crippen molar-refractivity contribution >= 4 is 11.6 Å². The molecule has 0 radical (unpaired) electrons. The van der Waals surface area contributed by atoms with Gasteiger partial charge in [0.1, 0.15) is 6.10 Å². The second kappa shape index (κ2) is 6.25. The van der Waals surface area contributed by atoms with E-state index in [2.05, 4.69) is 6.92 Å². The Kier molecular flexibility index (Phi) is 5.23. The van der Waals surface area contributed by atoms with Gasteiger partial charge in [-0.05, 0) is 26.3 Å². The van der Waals surface area contributed by atoms with Gasteiger partial charge in [-0.15, -0.1) is 0 Å². The highest BCUT2D eigenvalue weighted by Gasteiger charge is 2.39. The Morgan fingerprint density at radius 2 is 2.11 bits per heavy atom. The van der Waals surface area contributed by atoms with Gasteiger partial charge in [0, 0.05) is 0 Å². The van der Waals surface area contributed by atoms with Crippen LogP contribution in [0.2, 0.25) is 0 Å². The van der Waals surface area contributed by atoms with E-state index in [4.69, 9.17) is 4.74 Å². The zero-order chi connectivity index (χ0) is 13.8. The Labute approximate surface area is 108 Å². The van der Waals surface area contributed by atoms with Crippen LogP contribution in [0.25, 0.3) is 0 Å². The van der Waals surface area contributed by atoms with Crippen molar-refractivity contribution in [3.05, 3.63) is 11.6 Å². The Hall–Kier alpha value is -1.00. The summed E-state index contributed by atoms with van der Waals surface area (Å²) >= 11 is 0. The van der Waals surface area contributed by atoms with Gasteiger partial charge < -0.3 is 9.84 Å². The fourth-order valence-electron chi connectivity index (χ4n) is 2.15. The zero-order valence-electron chi connectivity index (χ0n) is 11.4. The van der Waals surface area contributed by atoms with E-state index >= 15 is 0 Å². The van der Waals surface area contributed by atoms with Gasteiger partial charge in [0.05, 0.1) is 5.57 Å². The van der Waals surface area contributed by atoms with Crippen molar-refractivity contribution in [1.29, 1.82) is 0 Å². The van der Waals surface area contributed by atoms with Gasteiger partial charge in [0.25, 0.3) is 0 Å². The lowest BCUT2D eigenvalue weighted by Gasteiger charge is -2.33. The summed E-state index contributed by atoms with van der Waals surface area (Å²) < 4.78 is 5.36. The van der Waals surface area contributed by atoms with E-state index in [0.29, 0.717) is 6.42 Å². The fourth-order valence-corrected chi connectivity index (χ4v) is 2.15. The lowest BCUT2D eigenvalue weighted by molar-refractivity contribution is -0.201. The lowest BCUT2D eigenvalue weighted by Crippen LogP contribution is -2.45. The minimum atomic E-state index is -1.64. The molecule has 0 aromatic heterocycles. The molecule has 0 amide bonds. The third-order valence-electron chi connectivity index (χ3n) is 3.17. The smallest absolute Gasteiger partial charge is 0.193 e. The molecule has 0 unspecified atom stereocenters. The number of Topliss-reactive ketones (excluding diaryl/α,β-unsaturated/α-hetero) is 1. The minimum absolute atomic E-state index is 0.0392. The molecule has 1 aliphatic heterocycles. The molecule has 1 aliphatic rings. The first kappa shape index (κ1) is 15.1. The lowest BCUT2D eigenvalue weighted by atomic mass is 9.94. The average molecular weight is 254 g/mol. The monoisotopic (exact) mass is 254 g/mol. The Balaban J connectivity index is 2.65. The average Bonchev–Trinajstić information content (AvgIpc) is 2.27. The zero-order valence-corrected chi connectivity index (χ0v) is 11.4. The van der Waals surface area contributed by atoms with Gasteiger partial charge in [-0.2, -0.15) is 0 Å². The van der Waals surface area contributed by atoms with Crippen LogP contribution >= 0.6 is 0 Å². The number of rotatable bonds is 6. The first-order valence-corrected chi connectivity index (χ1v) is 6.55. The standard InChI is InChI=1S/C14H22O4/c1-4-5-6-7-8-13-12(16)9-11(10(2)15)14(3,17)18-13/h9,13,17H,4-8H2,1-3H3/t13-,14+/m1/s1. The maximum Gasteiger partial charge on any atom is 0.193 e. The molecule has 0 fully saturated rings. The van der Waals surface area contributed by atoms with E-state index in [1.807, 2.05) is 0 Å². The second-order valence-corrected chi connectivity index (χ2v) is 4.96. The summed E-state index contributed by atoms with van der Waals surface area (Å²) in [6.07, 6.45) is 5.41. The van der Waals surface area contributed by atoms with Gasteiger partial charge in [-0.25, -0.2) is 0 Å². The minimum Gasteiger partial charge on any atom is -0.362 e. The number of ether oxygens (including phenoxy) is 1. The van der Waals surface area contributed by atoms with Crippen molar-refractivity contribution in [3.63, 3.8) is 0 Å². The number of unbranched alkanes of at least 4 members (excludes halogenated alkanes) is 3. The van der Waals surface area contributed by atoms with E-state index in [9.17, 15) is 14.7 Å². The summed E-state index contributed by atoms with van der Waals surface area (Å²) in [7, 11) is 0. The molecule has 18 heavy (non-hydrogen) atoms. The third-order valence-corrected chi connectivity index (χ3v) is 3.17. The third kappa shape index (κ3) is 3.75. The van der Waals surface area contributed by atoms with Crippen LogP contribution in [0.5, 0.6) is 0 Å². The van der Waals surface area contributed by atoms with Crippen LogP contribution in [0.3, 0.4) is 0 Å². The van der Waals surface area contributed by atoms with Crippen LogP contribution in [-0.4, -0.2) is 28.6 Å². The summed E-state index contributed by atoms with van der Waals surface area (Å²) in [5.74, 6) is -2.20. The number of hydrogen-bond acceptors (Lipinski definition) is 4. The van der Waals surface area contributed by atoms with Crippen molar-refractivity contribution in [1.82, 2.24) is 0 Å². The van der Waals surface area contributed by atoms with Gasteiger partial charge in [0.2, 0.25) is 0 Å². The second-order valence-electron chi connectivity index (χ2n) is 4.96. The highest BCUT2D eigenvalue weighted by atomic mass is 16.6. The number of aliphatic hydroxyl groups is 1. The molecule has 2 atom stereocenters. The van der Waals surface area contributed by atoms with Crippen LogP contribution in [0.4, 0.5) is 0 Å². The Morgan fingerprint density at radius 3 is 2.67 bits per heavy atom. The van der Waals surface area contributed by atoms with E-state index in [-0.39, 0.29) is 17.1 Å². The van der Waals surface area contributed by atoms with Crippen molar-refractivity contribution in [2.75, 3.05) is 0 Å². The summed E-state index contributed by atoms with van der Waals surface area (Å²) in [4.78, 5) is 23.1. The van der Waals surface area contributed by atoms with Crippen LogP contribution in [0.1, 0.15) is 52.9 Å². The Morgan fingerprint density at radius 1 is 1.44 bits per heavy atom. The van der Waals surface area contributed by atoms with Gasteiger partial charge >= 0.3 is 0 Å². The molecular formula is C14H22O4. The topological polar surface area (TPSA) is 63.6 Å². The highest BCUT2D eigenvalue weighted by Crippen LogP contribution is 2.28. The van der Waals surface area contributed by atoms with Crippen molar-refractivity contribution < 1.29 is 19.4 Å². The molecular weight excluding hydrogens is 232 g/mol. The normalized spacial score (nSPS) is 28.1. The summed E-state index contributed by atoms with van der Waals surface area (Å²) in [5, 5.41) is 10.0. The van der Waals surface area contributed by atoms with Crippen LogP contribution < -0.4 is 0 Å². The molecule has 0 saturated heterocycles. The molecule has 1 N–H and O–H groups in total. The molecule has 1 heterocycles. The quantitative estimate of drug-likeness (QED) is 0.738. The molecule has 1 rings (SSSR count). The fraction of sp³-hybridized carbons (Fsp3) is 0.714. The summed E-state index contributed by atoms with van der Waals surface area (Å²) in [6, 6.07) is 0. The number of carbonyl (C=O) groups excluding carboxylic acids is 2. The van der Waals surface area contributed by atoms with Crippen molar-refractivity contribution in [2.45, 2.75) is 64.8 Å².